The van der Waals surface area contributed by atoms with Gasteiger partial charge in [0.15, 0.2) is 0 Å². The van der Waals surface area contributed by atoms with Crippen LogP contribution in [0.1, 0.15) is 20.3 Å². The molecule has 4 nitrogen and oxygen atoms in total. The van der Waals surface area contributed by atoms with E-state index in [4.69, 9.17) is 0 Å². The number of likely N-dealkylation sites (tertiary alicyclic amines) is 1. The molecule has 2 N–H and O–H groups in total. The Morgan fingerprint density at radius 3 is 3.11 bits per heavy atom. The predicted octanol–water partition coefficient (Wildman–Crippen LogP) is 2.46. The van der Waals surface area contributed by atoms with Gasteiger partial charge in [-0.25, -0.2) is 0 Å². The minimum absolute atomic E-state index is 0.549. The summed E-state index contributed by atoms with van der Waals surface area (Å²) in [7, 11) is 0. The first-order valence-corrected chi connectivity index (χ1v) is 6.67. The van der Waals surface area contributed by atoms with Crippen LogP contribution in [0.4, 0.5) is 5.69 Å². The Bertz CT molecular complexity index is 531. The molecule has 0 aliphatic carbocycles. The van der Waals surface area contributed by atoms with Crippen molar-refractivity contribution in [3.05, 3.63) is 24.4 Å². The SMILES string of the molecule is CC(C)N1CCC(Nc2cccc3[nH]ncc23)C1. The molecule has 18 heavy (non-hydrogen) atoms. The summed E-state index contributed by atoms with van der Waals surface area (Å²) in [6.45, 7) is 6.85. The fourth-order valence-electron chi connectivity index (χ4n) is 2.69. The summed E-state index contributed by atoms with van der Waals surface area (Å²) in [4.78, 5) is 2.52. The normalized spacial score (nSPS) is 20.9. The first-order chi connectivity index (χ1) is 8.74. The van der Waals surface area contributed by atoms with Gasteiger partial charge in [-0.1, -0.05) is 6.07 Å². The molecule has 4 heteroatoms. The van der Waals surface area contributed by atoms with Crippen LogP contribution in [0.25, 0.3) is 10.9 Å². The minimum atomic E-state index is 0.549. The summed E-state index contributed by atoms with van der Waals surface area (Å²) < 4.78 is 0. The van der Waals surface area contributed by atoms with Crippen LogP contribution in [0, 0.1) is 0 Å². The molecule has 2 aromatic rings. The first-order valence-electron chi connectivity index (χ1n) is 6.67. The van der Waals surface area contributed by atoms with Crippen LogP contribution in [0.15, 0.2) is 24.4 Å². The molecule has 0 amide bonds. The number of aromatic amines is 1. The van der Waals surface area contributed by atoms with E-state index in [1.165, 1.54) is 24.0 Å². The third-order valence-electron chi connectivity index (χ3n) is 3.79. The van der Waals surface area contributed by atoms with Crippen LogP contribution < -0.4 is 5.32 Å². The number of nitrogens with one attached hydrogen (secondary N) is 2. The van der Waals surface area contributed by atoms with Crippen molar-refractivity contribution in [1.29, 1.82) is 0 Å². The highest BCUT2D eigenvalue weighted by molar-refractivity contribution is 5.90. The molecule has 3 rings (SSSR count). The third-order valence-corrected chi connectivity index (χ3v) is 3.79. The average molecular weight is 244 g/mol. The molecule has 0 bridgehead atoms. The lowest BCUT2D eigenvalue weighted by Gasteiger charge is -2.21. The molecule has 1 unspecified atom stereocenters. The second-order valence-corrected chi connectivity index (χ2v) is 5.36. The summed E-state index contributed by atoms with van der Waals surface area (Å²) in [5.74, 6) is 0. The third kappa shape index (κ3) is 2.08. The topological polar surface area (TPSA) is 44.0 Å². The van der Waals surface area contributed by atoms with E-state index in [1.807, 2.05) is 6.20 Å². The van der Waals surface area contributed by atoms with Gasteiger partial charge in [0.05, 0.1) is 11.7 Å². The van der Waals surface area contributed by atoms with Crippen LogP contribution in [-0.4, -0.2) is 40.3 Å². The maximum Gasteiger partial charge on any atom is 0.0671 e. The van der Waals surface area contributed by atoms with Crippen LogP contribution in [-0.2, 0) is 0 Å². The van der Waals surface area contributed by atoms with Crippen molar-refractivity contribution >= 4 is 16.6 Å². The summed E-state index contributed by atoms with van der Waals surface area (Å²) in [5, 5.41) is 11.9. The number of aromatic nitrogens is 2. The monoisotopic (exact) mass is 244 g/mol. The summed E-state index contributed by atoms with van der Waals surface area (Å²) in [6, 6.07) is 7.45. The summed E-state index contributed by atoms with van der Waals surface area (Å²) in [6.07, 6.45) is 3.11. The zero-order valence-electron chi connectivity index (χ0n) is 11.0. The largest absolute Gasteiger partial charge is 0.380 e. The van der Waals surface area contributed by atoms with E-state index in [0.29, 0.717) is 12.1 Å². The lowest BCUT2D eigenvalue weighted by Crippen LogP contribution is -2.31. The maximum atomic E-state index is 4.10. The number of fused-ring (bicyclic) bond motifs is 1. The van der Waals surface area contributed by atoms with Gasteiger partial charge in [0, 0.05) is 36.2 Å². The number of rotatable bonds is 3. The Labute approximate surface area is 107 Å². The zero-order chi connectivity index (χ0) is 12.5. The van der Waals surface area contributed by atoms with Gasteiger partial charge in [0.2, 0.25) is 0 Å². The van der Waals surface area contributed by atoms with E-state index < -0.39 is 0 Å². The van der Waals surface area contributed by atoms with Crippen molar-refractivity contribution in [2.75, 3.05) is 18.4 Å². The van der Waals surface area contributed by atoms with E-state index in [1.54, 1.807) is 0 Å². The molecular formula is C14H20N4. The van der Waals surface area contributed by atoms with Gasteiger partial charge in [0.25, 0.3) is 0 Å². The van der Waals surface area contributed by atoms with E-state index in [-0.39, 0.29) is 0 Å². The van der Waals surface area contributed by atoms with Crippen molar-refractivity contribution in [1.82, 2.24) is 15.1 Å². The number of nitrogens with zero attached hydrogens (tertiary/aromatic N) is 2. The Morgan fingerprint density at radius 2 is 2.33 bits per heavy atom. The molecule has 0 saturated carbocycles. The Kier molecular flexibility index (Phi) is 2.96. The van der Waals surface area contributed by atoms with Crippen molar-refractivity contribution in [2.24, 2.45) is 0 Å². The van der Waals surface area contributed by atoms with Crippen LogP contribution in [0.5, 0.6) is 0 Å². The molecule has 1 aromatic heterocycles. The molecule has 1 fully saturated rings. The van der Waals surface area contributed by atoms with E-state index in [9.17, 15) is 0 Å². The molecule has 1 aliphatic heterocycles. The summed E-state index contributed by atoms with van der Waals surface area (Å²) >= 11 is 0. The quantitative estimate of drug-likeness (QED) is 0.871. The highest BCUT2D eigenvalue weighted by Crippen LogP contribution is 2.24. The van der Waals surface area contributed by atoms with Gasteiger partial charge in [-0.2, -0.15) is 5.10 Å². The predicted molar refractivity (Wildman–Crippen MR) is 74.8 cm³/mol. The molecule has 96 valence electrons. The maximum absolute atomic E-state index is 4.10. The average Bonchev–Trinajstić information content (AvgIpc) is 2.97. The van der Waals surface area contributed by atoms with Crippen molar-refractivity contribution < 1.29 is 0 Å². The van der Waals surface area contributed by atoms with Crippen molar-refractivity contribution in [2.45, 2.75) is 32.4 Å². The van der Waals surface area contributed by atoms with Gasteiger partial charge >= 0.3 is 0 Å². The fraction of sp³-hybridized carbons (Fsp3) is 0.500. The Hall–Kier alpha value is -1.55. The second-order valence-electron chi connectivity index (χ2n) is 5.36. The molecule has 1 aromatic carbocycles. The molecule has 0 radical (unpaired) electrons. The smallest absolute Gasteiger partial charge is 0.0671 e. The first kappa shape index (κ1) is 11.5. The number of anilines is 1. The summed E-state index contributed by atoms with van der Waals surface area (Å²) in [5.41, 5.74) is 2.29. The van der Waals surface area contributed by atoms with Crippen molar-refractivity contribution in [3.8, 4) is 0 Å². The number of H-pyrrole nitrogens is 1. The lowest BCUT2D eigenvalue weighted by molar-refractivity contribution is 0.274. The lowest BCUT2D eigenvalue weighted by atomic mass is 10.2. The van der Waals surface area contributed by atoms with Crippen LogP contribution >= 0.6 is 0 Å². The van der Waals surface area contributed by atoms with Gasteiger partial charge in [-0.15, -0.1) is 0 Å². The minimum Gasteiger partial charge on any atom is -0.380 e. The van der Waals surface area contributed by atoms with E-state index >= 15 is 0 Å². The Morgan fingerprint density at radius 1 is 1.44 bits per heavy atom. The standard InChI is InChI=1S/C14H20N4/c1-10(2)18-7-6-11(9-18)16-13-4-3-5-14-12(13)8-15-17-14/h3-5,8,10-11,16H,6-7,9H2,1-2H3,(H,15,17). The number of hydrogen-bond acceptors (Lipinski definition) is 3. The highest BCUT2D eigenvalue weighted by Gasteiger charge is 2.24. The van der Waals surface area contributed by atoms with Gasteiger partial charge in [-0.3, -0.25) is 10.00 Å². The second kappa shape index (κ2) is 4.61. The van der Waals surface area contributed by atoms with Gasteiger partial charge in [0.1, 0.15) is 0 Å². The number of hydrogen-bond donors (Lipinski definition) is 2. The highest BCUT2D eigenvalue weighted by atomic mass is 15.2. The molecule has 2 heterocycles. The Balaban J connectivity index is 1.75. The van der Waals surface area contributed by atoms with Crippen LogP contribution in [0.2, 0.25) is 0 Å². The molecule has 1 saturated heterocycles. The van der Waals surface area contributed by atoms with Gasteiger partial charge < -0.3 is 5.32 Å². The van der Waals surface area contributed by atoms with Crippen molar-refractivity contribution in [3.63, 3.8) is 0 Å². The molecule has 1 atom stereocenters. The molecular weight excluding hydrogens is 224 g/mol. The fourth-order valence-corrected chi connectivity index (χ4v) is 2.69. The zero-order valence-corrected chi connectivity index (χ0v) is 11.0. The number of benzene rings is 1. The van der Waals surface area contributed by atoms with E-state index in [2.05, 4.69) is 52.5 Å². The molecule has 1 aliphatic rings. The molecule has 0 spiro atoms. The van der Waals surface area contributed by atoms with Crippen LogP contribution in [0.3, 0.4) is 0 Å². The van der Waals surface area contributed by atoms with E-state index in [0.717, 1.165) is 12.1 Å². The van der Waals surface area contributed by atoms with Gasteiger partial charge in [-0.05, 0) is 32.4 Å².